The van der Waals surface area contributed by atoms with Crippen molar-refractivity contribution in [3.8, 4) is 0 Å². The average molecular weight is 281 g/mol. The van der Waals surface area contributed by atoms with Crippen molar-refractivity contribution in [1.29, 1.82) is 0 Å². The summed E-state index contributed by atoms with van der Waals surface area (Å²) in [5, 5.41) is 4.00. The van der Waals surface area contributed by atoms with E-state index in [1.165, 1.54) is 17.1 Å². The molecule has 0 saturated heterocycles. The minimum Gasteiger partial charge on any atom is -0.326 e. The van der Waals surface area contributed by atoms with Gasteiger partial charge in [0.2, 0.25) is 10.0 Å². The number of hydrogen-bond donors (Lipinski definition) is 2. The lowest BCUT2D eigenvalue weighted by molar-refractivity contribution is 0.577. The van der Waals surface area contributed by atoms with Gasteiger partial charge in [0.15, 0.2) is 5.82 Å². The van der Waals surface area contributed by atoms with E-state index in [0.717, 1.165) is 0 Å². The van der Waals surface area contributed by atoms with Gasteiger partial charge in [0, 0.05) is 13.6 Å². The van der Waals surface area contributed by atoms with Crippen LogP contribution in [0.25, 0.3) is 0 Å². The van der Waals surface area contributed by atoms with Crippen LogP contribution in [0.15, 0.2) is 35.5 Å². The molecule has 3 N–H and O–H groups in total. The first kappa shape index (κ1) is 13.7. The van der Waals surface area contributed by atoms with Gasteiger partial charge in [0.1, 0.15) is 6.33 Å². The molecule has 19 heavy (non-hydrogen) atoms. The van der Waals surface area contributed by atoms with Crippen molar-refractivity contribution in [2.45, 2.75) is 18.0 Å². The van der Waals surface area contributed by atoms with Gasteiger partial charge in [-0.2, -0.15) is 5.10 Å². The molecule has 1 aromatic heterocycles. The first-order valence-electron chi connectivity index (χ1n) is 5.65. The van der Waals surface area contributed by atoms with Crippen molar-refractivity contribution in [2.75, 3.05) is 0 Å². The molecule has 0 unspecified atom stereocenters. The summed E-state index contributed by atoms with van der Waals surface area (Å²) in [7, 11) is -1.89. The molecular formula is C11H15N5O2S. The summed E-state index contributed by atoms with van der Waals surface area (Å²) < 4.78 is 28.3. The molecule has 0 saturated carbocycles. The number of aryl methyl sites for hydroxylation is 1. The maximum absolute atomic E-state index is 12.2. The van der Waals surface area contributed by atoms with Crippen molar-refractivity contribution >= 4 is 10.0 Å². The van der Waals surface area contributed by atoms with Crippen LogP contribution in [0.3, 0.4) is 0 Å². The molecule has 0 amide bonds. The number of nitrogens with zero attached hydrogens (tertiary/aromatic N) is 3. The summed E-state index contributed by atoms with van der Waals surface area (Å²) in [6.07, 6.45) is 1.51. The highest BCUT2D eigenvalue weighted by Gasteiger charge is 2.17. The summed E-state index contributed by atoms with van der Waals surface area (Å²) in [5.74, 6) is 0.413. The van der Waals surface area contributed by atoms with Gasteiger partial charge < -0.3 is 5.73 Å². The number of benzene rings is 1. The van der Waals surface area contributed by atoms with Crippen molar-refractivity contribution in [3.05, 3.63) is 42.0 Å². The Labute approximate surface area is 111 Å². The minimum atomic E-state index is -3.61. The normalized spacial score (nSPS) is 11.7. The van der Waals surface area contributed by atoms with Crippen LogP contribution in [0.2, 0.25) is 0 Å². The molecule has 0 aliphatic heterocycles. The molecule has 0 radical (unpaired) electrons. The first-order chi connectivity index (χ1) is 9.03. The van der Waals surface area contributed by atoms with E-state index in [-0.39, 0.29) is 18.0 Å². The highest BCUT2D eigenvalue weighted by molar-refractivity contribution is 7.89. The van der Waals surface area contributed by atoms with E-state index in [1.807, 2.05) is 0 Å². The standard InChI is InChI=1S/C11H15N5O2S/c1-16-8-13-11(15-16)7-14-19(17,18)10-5-3-2-4-9(10)6-12/h2-5,8,14H,6-7,12H2,1H3. The van der Waals surface area contributed by atoms with Gasteiger partial charge in [-0.3, -0.25) is 4.68 Å². The van der Waals surface area contributed by atoms with Crippen LogP contribution in [0.5, 0.6) is 0 Å². The number of sulfonamides is 1. The Kier molecular flexibility index (Phi) is 3.93. The summed E-state index contributed by atoms with van der Waals surface area (Å²) in [6.45, 7) is 0.209. The van der Waals surface area contributed by atoms with Crippen LogP contribution in [0.4, 0.5) is 0 Å². The number of nitrogens with one attached hydrogen (secondary N) is 1. The SMILES string of the molecule is Cn1cnc(CNS(=O)(=O)c2ccccc2CN)n1. The third-order valence-corrected chi connectivity index (χ3v) is 4.05. The fourth-order valence-corrected chi connectivity index (χ4v) is 2.87. The Morgan fingerprint density at radius 3 is 2.74 bits per heavy atom. The van der Waals surface area contributed by atoms with E-state index in [0.29, 0.717) is 11.4 Å². The molecule has 0 atom stereocenters. The Bertz CT molecular complexity index is 665. The van der Waals surface area contributed by atoms with E-state index < -0.39 is 10.0 Å². The molecule has 2 rings (SSSR count). The number of aromatic nitrogens is 3. The lowest BCUT2D eigenvalue weighted by atomic mass is 10.2. The summed E-state index contributed by atoms with van der Waals surface area (Å²) >= 11 is 0. The number of nitrogens with two attached hydrogens (primary N) is 1. The second-order valence-electron chi connectivity index (χ2n) is 3.97. The fourth-order valence-electron chi connectivity index (χ4n) is 1.64. The highest BCUT2D eigenvalue weighted by atomic mass is 32.2. The lowest BCUT2D eigenvalue weighted by Crippen LogP contribution is -2.25. The number of rotatable bonds is 5. The molecule has 0 bridgehead atoms. The van der Waals surface area contributed by atoms with Crippen molar-refractivity contribution < 1.29 is 8.42 Å². The van der Waals surface area contributed by atoms with Crippen LogP contribution in [0, 0.1) is 0 Å². The molecule has 1 aromatic carbocycles. The second-order valence-corrected chi connectivity index (χ2v) is 5.71. The Hall–Kier alpha value is -1.77. The predicted molar refractivity (Wildman–Crippen MR) is 69.4 cm³/mol. The minimum absolute atomic E-state index is 0.0437. The quantitative estimate of drug-likeness (QED) is 0.787. The van der Waals surface area contributed by atoms with Gasteiger partial charge in [-0.1, -0.05) is 18.2 Å². The molecule has 1 heterocycles. The molecule has 0 aliphatic rings. The smallest absolute Gasteiger partial charge is 0.241 e. The third kappa shape index (κ3) is 3.16. The molecular weight excluding hydrogens is 266 g/mol. The summed E-state index contributed by atoms with van der Waals surface area (Å²) in [6, 6.07) is 6.62. The topological polar surface area (TPSA) is 103 Å². The molecule has 0 fully saturated rings. The Morgan fingerprint density at radius 2 is 2.11 bits per heavy atom. The molecule has 8 heteroatoms. The molecule has 0 spiro atoms. The van der Waals surface area contributed by atoms with Gasteiger partial charge in [-0.05, 0) is 11.6 Å². The highest BCUT2D eigenvalue weighted by Crippen LogP contribution is 2.14. The second kappa shape index (κ2) is 5.47. The molecule has 2 aromatic rings. The van der Waals surface area contributed by atoms with Crippen LogP contribution < -0.4 is 10.5 Å². The zero-order chi connectivity index (χ0) is 13.9. The molecule has 102 valence electrons. The van der Waals surface area contributed by atoms with Gasteiger partial charge in [0.05, 0.1) is 11.4 Å². The number of hydrogen-bond acceptors (Lipinski definition) is 5. The average Bonchev–Trinajstić information content (AvgIpc) is 2.82. The van der Waals surface area contributed by atoms with Crippen molar-refractivity contribution in [1.82, 2.24) is 19.5 Å². The van der Waals surface area contributed by atoms with Crippen LogP contribution in [-0.2, 0) is 30.2 Å². The van der Waals surface area contributed by atoms with Gasteiger partial charge in [0.25, 0.3) is 0 Å². The maximum Gasteiger partial charge on any atom is 0.241 e. The van der Waals surface area contributed by atoms with Crippen LogP contribution in [0.1, 0.15) is 11.4 Å². The molecule has 7 nitrogen and oxygen atoms in total. The predicted octanol–water partition coefficient (Wildman–Crippen LogP) is -0.248. The maximum atomic E-state index is 12.2. The van der Waals surface area contributed by atoms with Gasteiger partial charge >= 0.3 is 0 Å². The Balaban J connectivity index is 2.18. The van der Waals surface area contributed by atoms with Gasteiger partial charge in [-0.25, -0.2) is 18.1 Å². The van der Waals surface area contributed by atoms with E-state index in [2.05, 4.69) is 14.8 Å². The van der Waals surface area contributed by atoms with E-state index in [9.17, 15) is 8.42 Å². The van der Waals surface area contributed by atoms with Crippen LogP contribution in [-0.4, -0.2) is 23.2 Å². The van der Waals surface area contributed by atoms with Gasteiger partial charge in [-0.15, -0.1) is 0 Å². The monoisotopic (exact) mass is 281 g/mol. The lowest BCUT2D eigenvalue weighted by Gasteiger charge is -2.09. The van der Waals surface area contributed by atoms with E-state index in [1.54, 1.807) is 25.2 Å². The largest absolute Gasteiger partial charge is 0.326 e. The third-order valence-electron chi connectivity index (χ3n) is 2.55. The van der Waals surface area contributed by atoms with E-state index in [4.69, 9.17) is 5.73 Å². The Morgan fingerprint density at radius 1 is 1.37 bits per heavy atom. The zero-order valence-corrected chi connectivity index (χ0v) is 11.3. The van der Waals surface area contributed by atoms with Crippen molar-refractivity contribution in [3.63, 3.8) is 0 Å². The first-order valence-corrected chi connectivity index (χ1v) is 7.13. The van der Waals surface area contributed by atoms with Crippen molar-refractivity contribution in [2.24, 2.45) is 12.8 Å². The van der Waals surface area contributed by atoms with E-state index >= 15 is 0 Å². The van der Waals surface area contributed by atoms with Crippen LogP contribution >= 0.6 is 0 Å². The summed E-state index contributed by atoms with van der Waals surface area (Å²) in [4.78, 5) is 4.14. The molecule has 0 aliphatic carbocycles. The summed E-state index contributed by atoms with van der Waals surface area (Å²) in [5.41, 5.74) is 6.11. The zero-order valence-electron chi connectivity index (χ0n) is 10.4. The fraction of sp³-hybridized carbons (Fsp3) is 0.273.